The molecule has 0 aliphatic carbocycles. The Bertz CT molecular complexity index is 795. The Labute approximate surface area is 177 Å². The van der Waals surface area contributed by atoms with E-state index in [0.29, 0.717) is 11.7 Å². The summed E-state index contributed by atoms with van der Waals surface area (Å²) >= 11 is 11.7. The van der Waals surface area contributed by atoms with E-state index >= 15 is 0 Å². The van der Waals surface area contributed by atoms with Crippen LogP contribution in [-0.2, 0) is 4.74 Å². The van der Waals surface area contributed by atoms with Crippen LogP contribution in [0.2, 0.25) is 5.02 Å². The average molecular weight is 420 g/mol. The molecule has 1 unspecified atom stereocenters. The highest BCUT2D eigenvalue weighted by atomic mass is 35.5. The summed E-state index contributed by atoms with van der Waals surface area (Å²) in [5.41, 5.74) is 3.13. The second-order valence-corrected chi connectivity index (χ2v) is 7.55. The quantitative estimate of drug-likeness (QED) is 0.689. The molecule has 1 aliphatic rings. The standard InChI is InChI=1S/C21H26ClN3O2S/c1-15-3-6-17(13-19(15)22)24-21(28)23-14-20(25-9-11-27-12-10-25)16-4-7-18(26-2)8-5-16/h3-8,13,20H,9-12,14H2,1-2H3,(H2,23,24,28). The number of nitrogens with one attached hydrogen (secondary N) is 2. The van der Waals surface area contributed by atoms with Crippen LogP contribution in [0, 0.1) is 6.92 Å². The van der Waals surface area contributed by atoms with Crippen LogP contribution in [0.3, 0.4) is 0 Å². The Kier molecular flexibility index (Phi) is 7.50. The fourth-order valence-electron chi connectivity index (χ4n) is 3.21. The summed E-state index contributed by atoms with van der Waals surface area (Å²) in [5.74, 6) is 0.853. The summed E-state index contributed by atoms with van der Waals surface area (Å²) in [4.78, 5) is 2.42. The van der Waals surface area contributed by atoms with Crippen molar-refractivity contribution in [2.75, 3.05) is 45.3 Å². The van der Waals surface area contributed by atoms with E-state index < -0.39 is 0 Å². The zero-order chi connectivity index (χ0) is 19.9. The minimum atomic E-state index is 0.191. The smallest absolute Gasteiger partial charge is 0.170 e. The van der Waals surface area contributed by atoms with Crippen molar-refractivity contribution in [3.63, 3.8) is 0 Å². The summed E-state index contributed by atoms with van der Waals surface area (Å²) in [5, 5.41) is 7.86. The molecule has 0 amide bonds. The summed E-state index contributed by atoms with van der Waals surface area (Å²) in [6.07, 6.45) is 0. The fourth-order valence-corrected chi connectivity index (χ4v) is 3.59. The van der Waals surface area contributed by atoms with E-state index in [0.717, 1.165) is 48.3 Å². The van der Waals surface area contributed by atoms with E-state index in [1.165, 1.54) is 5.56 Å². The highest BCUT2D eigenvalue weighted by molar-refractivity contribution is 7.80. The molecule has 3 rings (SSSR count). The molecule has 0 bridgehead atoms. The molecule has 5 nitrogen and oxygen atoms in total. The first-order chi connectivity index (χ1) is 13.6. The third-order valence-corrected chi connectivity index (χ3v) is 5.53. The molecule has 2 aromatic carbocycles. The van der Waals surface area contributed by atoms with Gasteiger partial charge in [0.2, 0.25) is 0 Å². The third-order valence-electron chi connectivity index (χ3n) is 4.87. The first-order valence-electron chi connectivity index (χ1n) is 9.33. The summed E-state index contributed by atoms with van der Waals surface area (Å²) < 4.78 is 10.8. The van der Waals surface area contributed by atoms with Crippen molar-refractivity contribution in [2.24, 2.45) is 0 Å². The maximum atomic E-state index is 6.20. The van der Waals surface area contributed by atoms with Gasteiger partial charge in [-0.15, -0.1) is 0 Å². The van der Waals surface area contributed by atoms with Gasteiger partial charge in [-0.05, 0) is 54.5 Å². The van der Waals surface area contributed by atoms with Gasteiger partial charge in [0, 0.05) is 30.3 Å². The predicted octanol–water partition coefficient (Wildman–Crippen LogP) is 4.02. The lowest BCUT2D eigenvalue weighted by molar-refractivity contribution is 0.0170. The van der Waals surface area contributed by atoms with Gasteiger partial charge >= 0.3 is 0 Å². The number of ether oxygens (including phenoxy) is 2. The van der Waals surface area contributed by atoms with E-state index in [1.807, 2.05) is 37.3 Å². The average Bonchev–Trinajstić information content (AvgIpc) is 2.72. The topological polar surface area (TPSA) is 45.8 Å². The molecule has 0 saturated carbocycles. The van der Waals surface area contributed by atoms with Gasteiger partial charge in [-0.1, -0.05) is 29.8 Å². The van der Waals surface area contributed by atoms with Gasteiger partial charge in [-0.2, -0.15) is 0 Å². The number of anilines is 1. The third kappa shape index (κ3) is 5.58. The van der Waals surface area contributed by atoms with Crippen LogP contribution in [0.25, 0.3) is 0 Å². The Morgan fingerprint density at radius 2 is 1.93 bits per heavy atom. The van der Waals surface area contributed by atoms with Gasteiger partial charge in [0.1, 0.15) is 5.75 Å². The molecular weight excluding hydrogens is 394 g/mol. The molecule has 1 aliphatic heterocycles. The van der Waals surface area contributed by atoms with Crippen LogP contribution < -0.4 is 15.4 Å². The maximum absolute atomic E-state index is 6.20. The van der Waals surface area contributed by atoms with Crippen LogP contribution >= 0.6 is 23.8 Å². The van der Waals surface area contributed by atoms with E-state index in [2.05, 4.69) is 27.7 Å². The Hall–Kier alpha value is -1.86. The molecule has 2 aromatic rings. The molecular formula is C21H26ClN3O2S. The molecule has 0 radical (unpaired) electrons. The first-order valence-corrected chi connectivity index (χ1v) is 10.1. The molecule has 1 saturated heterocycles. The number of hydrogen-bond donors (Lipinski definition) is 2. The van der Waals surface area contributed by atoms with Crippen molar-refractivity contribution in [2.45, 2.75) is 13.0 Å². The fraction of sp³-hybridized carbons (Fsp3) is 0.381. The second kappa shape index (κ2) is 10.1. The van der Waals surface area contributed by atoms with Gasteiger partial charge < -0.3 is 20.1 Å². The van der Waals surface area contributed by atoms with Gasteiger partial charge in [0.25, 0.3) is 0 Å². The molecule has 2 N–H and O–H groups in total. The first kappa shape index (κ1) is 20.9. The molecule has 1 heterocycles. The number of halogens is 1. The normalized spacial score (nSPS) is 15.7. The molecule has 1 fully saturated rings. The van der Waals surface area contributed by atoms with Crippen molar-refractivity contribution in [3.05, 3.63) is 58.6 Å². The van der Waals surface area contributed by atoms with Gasteiger partial charge in [0.15, 0.2) is 5.11 Å². The second-order valence-electron chi connectivity index (χ2n) is 6.74. The number of methoxy groups -OCH3 is 1. The number of nitrogens with zero attached hydrogens (tertiary/aromatic N) is 1. The van der Waals surface area contributed by atoms with Crippen molar-refractivity contribution in [3.8, 4) is 5.75 Å². The zero-order valence-electron chi connectivity index (χ0n) is 16.2. The van der Waals surface area contributed by atoms with Crippen LogP contribution in [0.1, 0.15) is 17.2 Å². The number of aryl methyl sites for hydroxylation is 1. The molecule has 150 valence electrons. The number of rotatable bonds is 6. The number of morpholine rings is 1. The number of hydrogen-bond acceptors (Lipinski definition) is 4. The molecule has 0 spiro atoms. The van der Waals surface area contributed by atoms with Crippen molar-refractivity contribution >= 4 is 34.6 Å². The summed E-state index contributed by atoms with van der Waals surface area (Å²) in [6.45, 7) is 5.95. The van der Waals surface area contributed by atoms with Crippen molar-refractivity contribution < 1.29 is 9.47 Å². The lowest BCUT2D eigenvalue weighted by atomic mass is 10.0. The van der Waals surface area contributed by atoms with Gasteiger partial charge in [0.05, 0.1) is 26.4 Å². The number of thiocarbonyl (C=S) groups is 1. The lowest BCUT2D eigenvalue weighted by Gasteiger charge is -2.35. The summed E-state index contributed by atoms with van der Waals surface area (Å²) in [7, 11) is 1.68. The van der Waals surface area contributed by atoms with Gasteiger partial charge in [-0.3, -0.25) is 4.90 Å². The Morgan fingerprint density at radius 3 is 2.57 bits per heavy atom. The zero-order valence-corrected chi connectivity index (χ0v) is 17.8. The lowest BCUT2D eigenvalue weighted by Crippen LogP contribution is -2.44. The van der Waals surface area contributed by atoms with E-state index in [9.17, 15) is 0 Å². The minimum Gasteiger partial charge on any atom is -0.497 e. The molecule has 1 atom stereocenters. The van der Waals surface area contributed by atoms with Crippen LogP contribution in [0.4, 0.5) is 5.69 Å². The van der Waals surface area contributed by atoms with E-state index in [4.69, 9.17) is 33.3 Å². The van der Waals surface area contributed by atoms with Crippen LogP contribution in [0.15, 0.2) is 42.5 Å². The largest absolute Gasteiger partial charge is 0.497 e. The van der Waals surface area contributed by atoms with Gasteiger partial charge in [-0.25, -0.2) is 0 Å². The van der Waals surface area contributed by atoms with Crippen molar-refractivity contribution in [1.29, 1.82) is 0 Å². The van der Waals surface area contributed by atoms with E-state index in [1.54, 1.807) is 7.11 Å². The molecule has 7 heteroatoms. The van der Waals surface area contributed by atoms with Crippen LogP contribution in [-0.4, -0.2) is 50.0 Å². The van der Waals surface area contributed by atoms with Crippen LogP contribution in [0.5, 0.6) is 5.75 Å². The highest BCUT2D eigenvalue weighted by Crippen LogP contribution is 2.24. The molecule has 28 heavy (non-hydrogen) atoms. The SMILES string of the molecule is COc1ccc(C(CNC(=S)Nc2ccc(C)c(Cl)c2)N2CCOCC2)cc1. The highest BCUT2D eigenvalue weighted by Gasteiger charge is 2.23. The molecule has 0 aromatic heterocycles. The monoisotopic (exact) mass is 419 g/mol. The minimum absolute atomic E-state index is 0.191. The summed E-state index contributed by atoms with van der Waals surface area (Å²) in [6, 6.07) is 14.2. The number of benzene rings is 2. The van der Waals surface area contributed by atoms with E-state index in [-0.39, 0.29) is 6.04 Å². The maximum Gasteiger partial charge on any atom is 0.170 e. The predicted molar refractivity (Wildman–Crippen MR) is 119 cm³/mol. The Balaban J connectivity index is 1.66. The van der Waals surface area contributed by atoms with Crippen molar-refractivity contribution in [1.82, 2.24) is 10.2 Å². The Morgan fingerprint density at radius 1 is 1.21 bits per heavy atom.